The highest BCUT2D eigenvalue weighted by atomic mass is 19.1. The fourth-order valence-electron chi connectivity index (χ4n) is 5.33. The van der Waals surface area contributed by atoms with Crippen molar-refractivity contribution in [3.8, 4) is 17.2 Å². The number of nitriles is 1. The number of nitrogens with zero attached hydrogens (tertiary/aromatic N) is 3. The van der Waals surface area contributed by atoms with Gasteiger partial charge in [-0.2, -0.15) is 5.26 Å². The maximum atomic E-state index is 14.2. The van der Waals surface area contributed by atoms with Gasteiger partial charge in [0.1, 0.15) is 23.4 Å². The SMILES string of the molecule is C[C@@H](NC(=O)c1cnc(C#N)c(-c2cc(F)cc(F)c2)c1N1CC[C@@]2(CCCN2)C1)C1CC1. The Morgan fingerprint density at radius 2 is 2.06 bits per heavy atom. The van der Waals surface area contributed by atoms with Crippen LogP contribution in [0.2, 0.25) is 0 Å². The molecule has 8 heteroatoms. The van der Waals surface area contributed by atoms with Gasteiger partial charge in [0.2, 0.25) is 0 Å². The zero-order valence-electron chi connectivity index (χ0n) is 18.6. The van der Waals surface area contributed by atoms with Gasteiger partial charge in [-0.1, -0.05) is 0 Å². The van der Waals surface area contributed by atoms with E-state index in [0.717, 1.165) is 44.7 Å². The second-order valence-corrected chi connectivity index (χ2v) is 9.60. The Balaban J connectivity index is 1.64. The van der Waals surface area contributed by atoms with E-state index in [1.54, 1.807) is 0 Å². The van der Waals surface area contributed by atoms with Crippen LogP contribution in [0, 0.1) is 28.9 Å². The minimum absolute atomic E-state index is 0.0254. The number of anilines is 1. The minimum Gasteiger partial charge on any atom is -0.368 e. The molecule has 0 unspecified atom stereocenters. The first kappa shape index (κ1) is 21.8. The Kier molecular flexibility index (Phi) is 5.53. The average molecular weight is 452 g/mol. The summed E-state index contributed by atoms with van der Waals surface area (Å²) in [7, 11) is 0. The minimum atomic E-state index is -0.743. The van der Waals surface area contributed by atoms with Crippen LogP contribution in [0.1, 0.15) is 55.1 Å². The summed E-state index contributed by atoms with van der Waals surface area (Å²) in [6, 6.07) is 5.27. The van der Waals surface area contributed by atoms with Gasteiger partial charge in [-0.25, -0.2) is 13.8 Å². The highest BCUT2D eigenvalue weighted by Crippen LogP contribution is 2.41. The van der Waals surface area contributed by atoms with Gasteiger partial charge in [0, 0.05) is 42.5 Å². The van der Waals surface area contributed by atoms with Crippen LogP contribution in [0.4, 0.5) is 14.5 Å². The number of amides is 1. The van der Waals surface area contributed by atoms with Crippen molar-refractivity contribution in [1.29, 1.82) is 5.26 Å². The predicted molar refractivity (Wildman–Crippen MR) is 121 cm³/mol. The lowest BCUT2D eigenvalue weighted by Crippen LogP contribution is -2.43. The Labute approximate surface area is 192 Å². The number of hydrogen-bond acceptors (Lipinski definition) is 5. The fourth-order valence-corrected chi connectivity index (χ4v) is 5.33. The van der Waals surface area contributed by atoms with Crippen molar-refractivity contribution in [3.63, 3.8) is 0 Å². The van der Waals surface area contributed by atoms with E-state index in [1.165, 1.54) is 18.3 Å². The molecule has 2 saturated heterocycles. The molecule has 3 heterocycles. The summed E-state index contributed by atoms with van der Waals surface area (Å²) in [6.07, 6.45) is 6.62. The number of nitrogens with one attached hydrogen (secondary N) is 2. The van der Waals surface area contributed by atoms with Crippen LogP contribution in [0.3, 0.4) is 0 Å². The highest BCUT2D eigenvalue weighted by Gasteiger charge is 2.42. The zero-order valence-corrected chi connectivity index (χ0v) is 18.6. The fraction of sp³-hybridized carbons (Fsp3) is 0.480. The molecule has 0 bridgehead atoms. The van der Waals surface area contributed by atoms with E-state index in [1.807, 2.05) is 6.92 Å². The first-order chi connectivity index (χ1) is 15.9. The number of halogens is 2. The van der Waals surface area contributed by atoms with Crippen LogP contribution >= 0.6 is 0 Å². The average Bonchev–Trinajstić information content (AvgIpc) is 3.42. The monoisotopic (exact) mass is 451 g/mol. The van der Waals surface area contributed by atoms with E-state index in [0.29, 0.717) is 35.8 Å². The van der Waals surface area contributed by atoms with Crippen LogP contribution in [-0.2, 0) is 0 Å². The lowest BCUT2D eigenvalue weighted by Gasteiger charge is -2.29. The maximum absolute atomic E-state index is 14.2. The van der Waals surface area contributed by atoms with E-state index in [-0.39, 0.29) is 28.7 Å². The molecule has 3 aliphatic rings. The van der Waals surface area contributed by atoms with Gasteiger partial charge >= 0.3 is 0 Å². The first-order valence-electron chi connectivity index (χ1n) is 11.6. The standard InChI is InChI=1S/C25H27F2N5O/c1-15(16-3-4-16)31-24(33)20-13-29-21(12-28)22(17-9-18(26)11-19(27)10-17)23(20)32-8-6-25(14-32)5-2-7-30-25/h9-11,13,15-16,30H,2-8,14H2,1H3,(H,31,33)/t15-,25+/m1/s1. The third-order valence-corrected chi connectivity index (χ3v) is 7.24. The van der Waals surface area contributed by atoms with Crippen LogP contribution in [-0.4, -0.2) is 42.1 Å². The summed E-state index contributed by atoms with van der Waals surface area (Å²) in [6.45, 7) is 4.26. The molecule has 2 N–H and O–H groups in total. The molecule has 5 rings (SSSR count). The summed E-state index contributed by atoms with van der Waals surface area (Å²) in [4.78, 5) is 19.7. The zero-order chi connectivity index (χ0) is 23.2. The molecular weight excluding hydrogens is 424 g/mol. The van der Waals surface area contributed by atoms with Crippen LogP contribution < -0.4 is 15.5 Å². The molecule has 1 aromatic heterocycles. The van der Waals surface area contributed by atoms with E-state index in [2.05, 4.69) is 26.6 Å². The largest absolute Gasteiger partial charge is 0.368 e. The van der Waals surface area contributed by atoms with Crippen molar-refractivity contribution in [2.45, 2.75) is 50.6 Å². The highest BCUT2D eigenvalue weighted by molar-refractivity contribution is 6.04. The van der Waals surface area contributed by atoms with Gasteiger partial charge in [-0.15, -0.1) is 0 Å². The molecule has 1 aromatic carbocycles. The van der Waals surface area contributed by atoms with Gasteiger partial charge in [-0.05, 0) is 69.2 Å². The summed E-state index contributed by atoms with van der Waals surface area (Å²) < 4.78 is 28.4. The second-order valence-electron chi connectivity index (χ2n) is 9.60. The third kappa shape index (κ3) is 4.18. The smallest absolute Gasteiger partial charge is 0.255 e. The molecule has 6 nitrogen and oxygen atoms in total. The van der Waals surface area contributed by atoms with Crippen molar-refractivity contribution < 1.29 is 13.6 Å². The summed E-state index contributed by atoms with van der Waals surface area (Å²) >= 11 is 0. The molecule has 1 spiro atoms. The van der Waals surface area contributed by atoms with Crippen molar-refractivity contribution in [1.82, 2.24) is 15.6 Å². The Morgan fingerprint density at radius 3 is 2.70 bits per heavy atom. The van der Waals surface area contributed by atoms with Gasteiger partial charge in [-0.3, -0.25) is 4.79 Å². The number of rotatable bonds is 5. The Morgan fingerprint density at radius 1 is 1.30 bits per heavy atom. The number of benzene rings is 1. The van der Waals surface area contributed by atoms with Gasteiger partial charge in [0.15, 0.2) is 0 Å². The van der Waals surface area contributed by atoms with E-state index in [9.17, 15) is 18.8 Å². The third-order valence-electron chi connectivity index (χ3n) is 7.24. The van der Waals surface area contributed by atoms with Gasteiger partial charge in [0.05, 0.1) is 11.3 Å². The van der Waals surface area contributed by atoms with Crippen LogP contribution in [0.15, 0.2) is 24.4 Å². The Bertz CT molecular complexity index is 1110. The molecule has 1 saturated carbocycles. The molecule has 1 aliphatic carbocycles. The number of hydrogen-bond donors (Lipinski definition) is 2. The van der Waals surface area contributed by atoms with Crippen LogP contribution in [0.5, 0.6) is 0 Å². The summed E-state index contributed by atoms with van der Waals surface area (Å²) in [5.74, 6) is -1.29. The number of aromatic nitrogens is 1. The van der Waals surface area contributed by atoms with E-state index >= 15 is 0 Å². The molecule has 0 radical (unpaired) electrons. The molecular formula is C25H27F2N5O. The molecule has 3 fully saturated rings. The topological polar surface area (TPSA) is 81.0 Å². The molecule has 2 atom stereocenters. The first-order valence-corrected chi connectivity index (χ1v) is 11.6. The Hall–Kier alpha value is -3.05. The van der Waals surface area contributed by atoms with Crippen molar-refractivity contribution in [2.24, 2.45) is 5.92 Å². The lowest BCUT2D eigenvalue weighted by molar-refractivity contribution is 0.0936. The molecule has 2 aliphatic heterocycles. The summed E-state index contributed by atoms with van der Waals surface area (Å²) in [5.41, 5.74) is 1.36. The molecule has 2 aromatic rings. The predicted octanol–water partition coefficient (Wildman–Crippen LogP) is 3.76. The molecule has 33 heavy (non-hydrogen) atoms. The van der Waals surface area contributed by atoms with Crippen LogP contribution in [0.25, 0.3) is 11.1 Å². The number of pyridine rings is 1. The van der Waals surface area contributed by atoms with E-state index in [4.69, 9.17) is 0 Å². The van der Waals surface area contributed by atoms with Crippen molar-refractivity contribution in [3.05, 3.63) is 47.3 Å². The van der Waals surface area contributed by atoms with Gasteiger partial charge < -0.3 is 15.5 Å². The van der Waals surface area contributed by atoms with Crippen molar-refractivity contribution >= 4 is 11.6 Å². The van der Waals surface area contributed by atoms with E-state index < -0.39 is 11.6 Å². The second kappa shape index (κ2) is 8.38. The van der Waals surface area contributed by atoms with Gasteiger partial charge in [0.25, 0.3) is 5.91 Å². The number of carbonyl (C=O) groups excluding carboxylic acids is 1. The number of carbonyl (C=O) groups is 1. The quantitative estimate of drug-likeness (QED) is 0.724. The van der Waals surface area contributed by atoms with Crippen molar-refractivity contribution in [2.75, 3.05) is 24.5 Å². The normalized spacial score (nSPS) is 23.0. The molecule has 172 valence electrons. The maximum Gasteiger partial charge on any atom is 0.255 e. The molecule has 1 amide bonds. The summed E-state index contributed by atoms with van der Waals surface area (Å²) in [5, 5.41) is 16.5. The lowest BCUT2D eigenvalue weighted by atomic mass is 9.96.